The van der Waals surface area contributed by atoms with Crippen LogP contribution in [0.4, 0.5) is 0 Å². The first-order valence-corrected chi connectivity index (χ1v) is 9.68. The maximum Gasteiger partial charge on any atom is 0.331 e. The van der Waals surface area contributed by atoms with Gasteiger partial charge in [0.05, 0.1) is 18.4 Å². The van der Waals surface area contributed by atoms with Crippen molar-refractivity contribution in [2.75, 3.05) is 7.11 Å². The highest BCUT2D eigenvalue weighted by atomic mass is 16.5. The van der Waals surface area contributed by atoms with Gasteiger partial charge in [0.25, 0.3) is 0 Å². The lowest BCUT2D eigenvalue weighted by molar-refractivity contribution is -0.144. The van der Waals surface area contributed by atoms with Gasteiger partial charge in [-0.25, -0.2) is 4.79 Å². The van der Waals surface area contributed by atoms with E-state index in [1.54, 1.807) is 13.2 Å². The first kappa shape index (κ1) is 20.0. The minimum absolute atomic E-state index is 0.0561. The van der Waals surface area contributed by atoms with E-state index < -0.39 is 0 Å². The summed E-state index contributed by atoms with van der Waals surface area (Å²) in [5.74, 6) is 1.65. The van der Waals surface area contributed by atoms with Crippen molar-refractivity contribution < 1.29 is 23.5 Å². The summed E-state index contributed by atoms with van der Waals surface area (Å²) in [6, 6.07) is 5.52. The Balaban J connectivity index is 1.61. The minimum Gasteiger partial charge on any atom is -0.493 e. The summed E-state index contributed by atoms with van der Waals surface area (Å²) in [6.07, 6.45) is 8.67. The van der Waals surface area contributed by atoms with E-state index in [0.29, 0.717) is 18.1 Å². The predicted octanol–water partition coefficient (Wildman–Crippen LogP) is 4.77. The van der Waals surface area contributed by atoms with Crippen molar-refractivity contribution in [3.05, 3.63) is 46.9 Å². The van der Waals surface area contributed by atoms with Crippen molar-refractivity contribution in [2.24, 2.45) is 0 Å². The van der Waals surface area contributed by atoms with Crippen LogP contribution in [-0.4, -0.2) is 24.3 Å². The van der Waals surface area contributed by atoms with Gasteiger partial charge in [0.15, 0.2) is 11.5 Å². The fourth-order valence-electron chi connectivity index (χ4n) is 3.32. The van der Waals surface area contributed by atoms with E-state index in [1.807, 2.05) is 32.0 Å². The average molecular weight is 385 g/mol. The van der Waals surface area contributed by atoms with E-state index in [-0.39, 0.29) is 12.1 Å². The Morgan fingerprint density at radius 3 is 2.68 bits per heavy atom. The summed E-state index contributed by atoms with van der Waals surface area (Å²) in [7, 11) is 1.59. The van der Waals surface area contributed by atoms with Gasteiger partial charge >= 0.3 is 5.97 Å². The van der Waals surface area contributed by atoms with Gasteiger partial charge in [-0.2, -0.15) is 0 Å². The molecule has 1 aromatic carbocycles. The van der Waals surface area contributed by atoms with Gasteiger partial charge in [0.1, 0.15) is 18.5 Å². The van der Waals surface area contributed by atoms with E-state index in [9.17, 15) is 4.79 Å². The van der Waals surface area contributed by atoms with Crippen molar-refractivity contribution in [1.82, 2.24) is 5.16 Å². The Hall–Kier alpha value is -2.76. The van der Waals surface area contributed by atoms with Crippen LogP contribution in [0.5, 0.6) is 11.5 Å². The van der Waals surface area contributed by atoms with Gasteiger partial charge in [-0.05, 0) is 63.3 Å². The molecule has 1 saturated carbocycles. The predicted molar refractivity (Wildman–Crippen MR) is 105 cm³/mol. The third-order valence-electron chi connectivity index (χ3n) is 4.99. The second kappa shape index (κ2) is 9.44. The molecule has 150 valence electrons. The molecule has 1 heterocycles. The molecule has 0 unspecified atom stereocenters. The van der Waals surface area contributed by atoms with Gasteiger partial charge in [-0.15, -0.1) is 0 Å². The van der Waals surface area contributed by atoms with Crippen LogP contribution < -0.4 is 9.47 Å². The summed E-state index contributed by atoms with van der Waals surface area (Å²) in [4.78, 5) is 12.0. The van der Waals surface area contributed by atoms with Gasteiger partial charge in [0, 0.05) is 6.08 Å². The Morgan fingerprint density at radius 1 is 1.21 bits per heavy atom. The number of ether oxygens (including phenoxy) is 3. The fraction of sp³-hybridized carbons (Fsp3) is 0.455. The molecule has 1 aliphatic carbocycles. The molecule has 0 radical (unpaired) electrons. The van der Waals surface area contributed by atoms with Crippen LogP contribution >= 0.6 is 0 Å². The number of hydrogen-bond acceptors (Lipinski definition) is 6. The molecule has 0 spiro atoms. The lowest BCUT2D eigenvalue weighted by Gasteiger charge is -2.20. The largest absolute Gasteiger partial charge is 0.493 e. The van der Waals surface area contributed by atoms with Crippen LogP contribution in [-0.2, 0) is 16.1 Å². The van der Waals surface area contributed by atoms with Crippen LogP contribution in [0.15, 0.2) is 28.8 Å². The Morgan fingerprint density at radius 2 is 2.00 bits per heavy atom. The van der Waals surface area contributed by atoms with Crippen molar-refractivity contribution in [2.45, 2.75) is 58.7 Å². The number of nitrogens with zero attached hydrogens (tertiary/aromatic N) is 1. The molecule has 0 aliphatic heterocycles. The van der Waals surface area contributed by atoms with Crippen LogP contribution in [0.25, 0.3) is 6.08 Å². The monoisotopic (exact) mass is 385 g/mol. The molecule has 6 heteroatoms. The molecule has 0 saturated heterocycles. The van der Waals surface area contributed by atoms with Crippen LogP contribution in [0, 0.1) is 13.8 Å². The molecular formula is C22H27NO5. The number of hydrogen-bond donors (Lipinski definition) is 0. The number of carbonyl (C=O) groups is 1. The number of aryl methyl sites for hydroxylation is 2. The van der Waals surface area contributed by atoms with Gasteiger partial charge < -0.3 is 18.7 Å². The van der Waals surface area contributed by atoms with Crippen molar-refractivity contribution in [3.63, 3.8) is 0 Å². The van der Waals surface area contributed by atoms with Gasteiger partial charge in [0.2, 0.25) is 0 Å². The minimum atomic E-state index is -0.301. The second-order valence-electron chi connectivity index (χ2n) is 7.03. The maximum absolute atomic E-state index is 12.0. The third kappa shape index (κ3) is 5.15. The number of carbonyl (C=O) groups excluding carboxylic acids is 1. The van der Waals surface area contributed by atoms with Crippen LogP contribution in [0.1, 0.15) is 54.7 Å². The zero-order valence-corrected chi connectivity index (χ0v) is 16.7. The summed E-state index contributed by atoms with van der Waals surface area (Å²) in [5.41, 5.74) is 2.58. The smallest absolute Gasteiger partial charge is 0.331 e. The molecule has 1 fully saturated rings. The molecule has 3 rings (SSSR count). The molecule has 0 atom stereocenters. The SMILES string of the molecule is COc1cc(/C=C/C(=O)OC2CCCCC2)ccc1OCc1c(C)noc1C. The molecule has 1 aliphatic rings. The molecule has 2 aromatic rings. The topological polar surface area (TPSA) is 70.8 Å². The molecule has 0 amide bonds. The number of esters is 1. The van der Waals surface area contributed by atoms with Crippen molar-refractivity contribution >= 4 is 12.0 Å². The van der Waals surface area contributed by atoms with Crippen molar-refractivity contribution in [3.8, 4) is 11.5 Å². The third-order valence-corrected chi connectivity index (χ3v) is 4.99. The molecule has 6 nitrogen and oxygen atoms in total. The van der Waals surface area contributed by atoms with Gasteiger partial charge in [-0.3, -0.25) is 0 Å². The number of methoxy groups -OCH3 is 1. The normalized spacial score (nSPS) is 15.0. The van der Waals surface area contributed by atoms with E-state index in [1.165, 1.54) is 12.5 Å². The number of rotatable bonds is 7. The van der Waals surface area contributed by atoms with E-state index in [2.05, 4.69) is 5.16 Å². The average Bonchev–Trinajstić information content (AvgIpc) is 3.03. The Bertz CT molecular complexity index is 814. The highest BCUT2D eigenvalue weighted by Gasteiger charge is 2.16. The highest BCUT2D eigenvalue weighted by molar-refractivity contribution is 5.87. The molecular weight excluding hydrogens is 358 g/mol. The molecule has 0 N–H and O–H groups in total. The lowest BCUT2D eigenvalue weighted by atomic mass is 9.98. The summed E-state index contributed by atoms with van der Waals surface area (Å²) < 4.78 is 22.0. The zero-order valence-electron chi connectivity index (χ0n) is 16.7. The maximum atomic E-state index is 12.0. The van der Waals surface area contributed by atoms with Gasteiger partial charge in [-0.1, -0.05) is 17.6 Å². The summed E-state index contributed by atoms with van der Waals surface area (Å²) in [6.45, 7) is 4.09. The van der Waals surface area contributed by atoms with E-state index in [0.717, 1.165) is 48.3 Å². The molecule has 0 bridgehead atoms. The van der Waals surface area contributed by atoms with E-state index >= 15 is 0 Å². The summed E-state index contributed by atoms with van der Waals surface area (Å²) in [5, 5.41) is 3.93. The van der Waals surface area contributed by atoms with Crippen LogP contribution in [0.3, 0.4) is 0 Å². The molecule has 28 heavy (non-hydrogen) atoms. The zero-order chi connectivity index (χ0) is 19.9. The Labute approximate surface area is 165 Å². The first-order valence-electron chi connectivity index (χ1n) is 9.68. The van der Waals surface area contributed by atoms with Crippen LogP contribution in [0.2, 0.25) is 0 Å². The molecule has 1 aromatic heterocycles. The lowest BCUT2D eigenvalue weighted by Crippen LogP contribution is -2.19. The fourth-order valence-corrected chi connectivity index (χ4v) is 3.32. The first-order chi connectivity index (χ1) is 13.6. The standard InChI is InChI=1S/C22H27NO5/c1-15-19(16(2)28-23-15)14-26-20-11-9-17(13-21(20)25-3)10-12-22(24)27-18-7-5-4-6-8-18/h9-13,18H,4-8,14H2,1-3H3/b12-10+. The number of benzene rings is 1. The second-order valence-corrected chi connectivity index (χ2v) is 7.03. The van der Waals surface area contributed by atoms with E-state index in [4.69, 9.17) is 18.7 Å². The highest BCUT2D eigenvalue weighted by Crippen LogP contribution is 2.30. The number of aromatic nitrogens is 1. The quantitative estimate of drug-likeness (QED) is 0.505. The summed E-state index contributed by atoms with van der Waals surface area (Å²) >= 11 is 0. The van der Waals surface area contributed by atoms with Crippen molar-refractivity contribution in [1.29, 1.82) is 0 Å². The Kier molecular flexibility index (Phi) is 6.74.